The van der Waals surface area contributed by atoms with Gasteiger partial charge < -0.3 is 10.2 Å². The summed E-state index contributed by atoms with van der Waals surface area (Å²) in [7, 11) is 0. The highest BCUT2D eigenvalue weighted by Gasteiger charge is 2.18. The summed E-state index contributed by atoms with van der Waals surface area (Å²) in [6.07, 6.45) is 3.53. The van der Waals surface area contributed by atoms with Gasteiger partial charge in [0.05, 0.1) is 13.1 Å². The Balaban J connectivity index is 1.75. The summed E-state index contributed by atoms with van der Waals surface area (Å²) in [6.45, 7) is 1.13. The molecular formula is C17H20N2O2. The highest BCUT2D eigenvalue weighted by Crippen LogP contribution is 2.10. The van der Waals surface area contributed by atoms with E-state index in [9.17, 15) is 9.59 Å². The van der Waals surface area contributed by atoms with Crippen LogP contribution >= 0.6 is 0 Å². The molecule has 1 aliphatic heterocycles. The van der Waals surface area contributed by atoms with Crippen LogP contribution in [0.25, 0.3) is 0 Å². The molecule has 21 heavy (non-hydrogen) atoms. The molecule has 1 aromatic rings. The van der Waals surface area contributed by atoms with Crippen LogP contribution in [0, 0.1) is 11.8 Å². The number of likely N-dealkylation sites (tertiary alicyclic amines) is 1. The first kappa shape index (κ1) is 15.1. The second-order valence-corrected chi connectivity index (χ2v) is 5.07. The molecule has 0 atom stereocenters. The van der Waals surface area contributed by atoms with Gasteiger partial charge in [-0.05, 0) is 25.0 Å². The number of amides is 2. The van der Waals surface area contributed by atoms with Crippen LogP contribution in [0.3, 0.4) is 0 Å². The Morgan fingerprint density at radius 2 is 2.00 bits per heavy atom. The molecule has 1 aliphatic rings. The van der Waals surface area contributed by atoms with Gasteiger partial charge in [-0.3, -0.25) is 9.59 Å². The molecule has 2 amide bonds. The quantitative estimate of drug-likeness (QED) is 0.856. The van der Waals surface area contributed by atoms with Gasteiger partial charge in [-0.25, -0.2) is 0 Å². The van der Waals surface area contributed by atoms with Crippen LogP contribution in [-0.4, -0.2) is 36.3 Å². The molecular weight excluding hydrogens is 264 g/mol. The summed E-state index contributed by atoms with van der Waals surface area (Å²) < 4.78 is 0. The number of hydrogen-bond acceptors (Lipinski definition) is 2. The van der Waals surface area contributed by atoms with Gasteiger partial charge >= 0.3 is 0 Å². The molecule has 1 saturated heterocycles. The average Bonchev–Trinajstić information content (AvgIpc) is 2.70. The van der Waals surface area contributed by atoms with E-state index < -0.39 is 0 Å². The SMILES string of the molecule is O=C(CN1CCCCCC1=O)NCC#Cc1ccccc1. The fourth-order valence-electron chi connectivity index (χ4n) is 2.25. The number of nitrogens with one attached hydrogen (secondary N) is 1. The summed E-state index contributed by atoms with van der Waals surface area (Å²) in [5.41, 5.74) is 0.925. The first-order valence-electron chi connectivity index (χ1n) is 7.34. The Labute approximate surface area is 125 Å². The Morgan fingerprint density at radius 3 is 2.81 bits per heavy atom. The van der Waals surface area contributed by atoms with Crippen LogP contribution in [0.5, 0.6) is 0 Å². The lowest BCUT2D eigenvalue weighted by Crippen LogP contribution is -2.40. The number of carbonyl (C=O) groups excluding carboxylic acids is 2. The van der Waals surface area contributed by atoms with Gasteiger partial charge in [0.15, 0.2) is 0 Å². The van der Waals surface area contributed by atoms with E-state index in [0.717, 1.165) is 24.8 Å². The van der Waals surface area contributed by atoms with Crippen molar-refractivity contribution in [1.82, 2.24) is 10.2 Å². The zero-order valence-electron chi connectivity index (χ0n) is 12.1. The lowest BCUT2D eigenvalue weighted by molar-refractivity contribution is -0.135. The summed E-state index contributed by atoms with van der Waals surface area (Å²) in [4.78, 5) is 25.2. The van der Waals surface area contributed by atoms with Crippen LogP contribution < -0.4 is 5.32 Å². The molecule has 0 aromatic heterocycles. The molecule has 0 saturated carbocycles. The molecule has 110 valence electrons. The predicted molar refractivity (Wildman–Crippen MR) is 81.4 cm³/mol. The maximum atomic E-state index is 11.8. The fourth-order valence-corrected chi connectivity index (χ4v) is 2.25. The lowest BCUT2D eigenvalue weighted by atomic mass is 10.2. The normalized spacial score (nSPS) is 14.9. The van der Waals surface area contributed by atoms with Gasteiger partial charge in [-0.1, -0.05) is 36.5 Å². The maximum Gasteiger partial charge on any atom is 0.240 e. The van der Waals surface area contributed by atoms with Crippen LogP contribution in [0.2, 0.25) is 0 Å². The molecule has 4 nitrogen and oxygen atoms in total. The van der Waals surface area contributed by atoms with Crippen molar-refractivity contribution in [2.75, 3.05) is 19.6 Å². The average molecular weight is 284 g/mol. The van der Waals surface area contributed by atoms with E-state index in [2.05, 4.69) is 17.2 Å². The number of rotatable bonds is 3. The topological polar surface area (TPSA) is 49.4 Å². The Kier molecular flexibility index (Phi) is 5.83. The molecule has 0 bridgehead atoms. The highest BCUT2D eigenvalue weighted by molar-refractivity contribution is 5.85. The second kappa shape index (κ2) is 8.11. The van der Waals surface area contributed by atoms with E-state index in [0.29, 0.717) is 19.5 Å². The largest absolute Gasteiger partial charge is 0.344 e. The van der Waals surface area contributed by atoms with Crippen molar-refractivity contribution < 1.29 is 9.59 Å². The lowest BCUT2D eigenvalue weighted by Gasteiger charge is -2.19. The van der Waals surface area contributed by atoms with E-state index in [-0.39, 0.29) is 18.4 Å². The summed E-state index contributed by atoms with van der Waals surface area (Å²) in [5, 5.41) is 2.73. The van der Waals surface area contributed by atoms with Gasteiger partial charge in [-0.15, -0.1) is 0 Å². The predicted octanol–water partition coefficient (Wildman–Crippen LogP) is 1.56. The first-order valence-corrected chi connectivity index (χ1v) is 7.34. The van der Waals surface area contributed by atoms with Crippen molar-refractivity contribution in [2.24, 2.45) is 0 Å². The van der Waals surface area contributed by atoms with Crippen molar-refractivity contribution in [1.29, 1.82) is 0 Å². The standard InChI is InChI=1S/C17H20N2O2/c20-16(14-19-13-6-2-5-11-17(19)21)18-12-7-10-15-8-3-1-4-9-15/h1,3-4,8-9H,2,5-6,11-14H2,(H,18,20). The molecule has 1 aromatic carbocycles. The third-order valence-corrected chi connectivity index (χ3v) is 3.39. The van der Waals surface area contributed by atoms with E-state index in [1.165, 1.54) is 0 Å². The van der Waals surface area contributed by atoms with Crippen molar-refractivity contribution in [3.63, 3.8) is 0 Å². The molecule has 1 N–H and O–H groups in total. The molecule has 2 rings (SSSR count). The smallest absolute Gasteiger partial charge is 0.240 e. The molecule has 1 heterocycles. The van der Waals surface area contributed by atoms with Gasteiger partial charge in [-0.2, -0.15) is 0 Å². The fraction of sp³-hybridized carbons (Fsp3) is 0.412. The minimum Gasteiger partial charge on any atom is -0.344 e. The molecule has 4 heteroatoms. The monoisotopic (exact) mass is 284 g/mol. The minimum absolute atomic E-state index is 0.0815. The number of nitrogens with zero attached hydrogens (tertiary/aromatic N) is 1. The van der Waals surface area contributed by atoms with Crippen LogP contribution in [0.15, 0.2) is 30.3 Å². The van der Waals surface area contributed by atoms with Crippen molar-refractivity contribution in [2.45, 2.75) is 25.7 Å². The number of hydrogen-bond donors (Lipinski definition) is 1. The van der Waals surface area contributed by atoms with E-state index in [1.54, 1.807) is 4.90 Å². The molecule has 0 aliphatic carbocycles. The molecule has 0 unspecified atom stereocenters. The van der Waals surface area contributed by atoms with Crippen molar-refractivity contribution >= 4 is 11.8 Å². The third-order valence-electron chi connectivity index (χ3n) is 3.39. The van der Waals surface area contributed by atoms with Crippen LogP contribution in [0.1, 0.15) is 31.2 Å². The Hall–Kier alpha value is -2.28. The number of carbonyl (C=O) groups is 2. The van der Waals surface area contributed by atoms with Gasteiger partial charge in [0.25, 0.3) is 0 Å². The first-order chi connectivity index (χ1) is 10.3. The van der Waals surface area contributed by atoms with Gasteiger partial charge in [0.2, 0.25) is 11.8 Å². The van der Waals surface area contributed by atoms with Gasteiger partial charge in [0, 0.05) is 18.5 Å². The summed E-state index contributed by atoms with van der Waals surface area (Å²) >= 11 is 0. The molecule has 0 spiro atoms. The second-order valence-electron chi connectivity index (χ2n) is 5.07. The molecule has 0 radical (unpaired) electrons. The van der Waals surface area contributed by atoms with E-state index >= 15 is 0 Å². The summed E-state index contributed by atoms with van der Waals surface area (Å²) in [6, 6.07) is 9.63. The maximum absolute atomic E-state index is 11.8. The van der Waals surface area contributed by atoms with Crippen molar-refractivity contribution in [3.8, 4) is 11.8 Å². The minimum atomic E-state index is -0.146. The van der Waals surface area contributed by atoms with E-state index in [1.807, 2.05) is 30.3 Å². The number of benzene rings is 1. The Morgan fingerprint density at radius 1 is 1.19 bits per heavy atom. The van der Waals surface area contributed by atoms with Crippen molar-refractivity contribution in [3.05, 3.63) is 35.9 Å². The van der Waals surface area contributed by atoms with Gasteiger partial charge in [0.1, 0.15) is 0 Å². The Bertz CT molecular complexity index is 543. The van der Waals surface area contributed by atoms with Crippen LogP contribution in [-0.2, 0) is 9.59 Å². The third kappa shape index (κ3) is 5.31. The summed E-state index contributed by atoms with van der Waals surface area (Å²) in [5.74, 6) is 5.82. The zero-order valence-corrected chi connectivity index (χ0v) is 12.1. The highest BCUT2D eigenvalue weighted by atomic mass is 16.2. The van der Waals surface area contributed by atoms with Crippen LogP contribution in [0.4, 0.5) is 0 Å². The molecule has 1 fully saturated rings. The zero-order chi connectivity index (χ0) is 14.9. The van der Waals surface area contributed by atoms with E-state index in [4.69, 9.17) is 0 Å².